The number of hydrogen-bond donors (Lipinski definition) is 1. The smallest absolute Gasteiger partial charge is 0.330 e. The fourth-order valence-electron chi connectivity index (χ4n) is 2.99. The highest BCUT2D eigenvalue weighted by Gasteiger charge is 2.25. The van der Waals surface area contributed by atoms with Gasteiger partial charge in [0.1, 0.15) is 11.9 Å². The van der Waals surface area contributed by atoms with Crippen LogP contribution in [0.5, 0.6) is 0 Å². The molecule has 0 saturated heterocycles. The molecule has 0 unspecified atom stereocenters. The van der Waals surface area contributed by atoms with Gasteiger partial charge in [0.25, 0.3) is 5.91 Å². The largest absolute Gasteiger partial charge is 0.464 e. The first-order chi connectivity index (χ1) is 15.4. The molecule has 0 aliphatic rings. The van der Waals surface area contributed by atoms with Gasteiger partial charge in [0.05, 0.1) is 36.7 Å². The molecule has 0 bridgehead atoms. The molecule has 1 heterocycles. The number of esters is 1. The summed E-state index contributed by atoms with van der Waals surface area (Å²) in [6.07, 6.45) is 4.73. The summed E-state index contributed by atoms with van der Waals surface area (Å²) in [6.45, 7) is 4.12. The maximum absolute atomic E-state index is 14.8. The molecule has 3 rings (SSSR count). The Hall–Kier alpha value is -3.99. The van der Waals surface area contributed by atoms with Crippen LogP contribution in [0.4, 0.5) is 4.39 Å². The second-order valence-electron chi connectivity index (χ2n) is 7.69. The van der Waals surface area contributed by atoms with Crippen molar-refractivity contribution in [2.75, 3.05) is 6.61 Å². The van der Waals surface area contributed by atoms with E-state index in [-0.39, 0.29) is 24.6 Å². The monoisotopic (exact) mass is 434 g/mol. The van der Waals surface area contributed by atoms with E-state index in [9.17, 15) is 14.0 Å². The fourth-order valence-corrected chi connectivity index (χ4v) is 2.99. The third-order valence-corrected chi connectivity index (χ3v) is 4.66. The van der Waals surface area contributed by atoms with Gasteiger partial charge < -0.3 is 14.6 Å². The lowest BCUT2D eigenvalue weighted by Crippen LogP contribution is -2.45. The molecule has 8 heteroatoms. The summed E-state index contributed by atoms with van der Waals surface area (Å²) in [4.78, 5) is 29.2. The Balaban J connectivity index is 1.77. The average Bonchev–Trinajstić information content (AvgIpc) is 3.30. The SMILES string of the molecule is CC(C)COC(=O)[C@H](Cn1ccnc1)NC(=O)c1ccc(-c2ccc(C#N)cc2)cc1F. The van der Waals surface area contributed by atoms with Gasteiger partial charge in [0, 0.05) is 12.4 Å². The fraction of sp³-hybridized carbons (Fsp3) is 0.250. The van der Waals surface area contributed by atoms with Crippen LogP contribution < -0.4 is 5.32 Å². The predicted octanol–water partition coefficient (Wildman–Crippen LogP) is 3.56. The van der Waals surface area contributed by atoms with E-state index in [1.165, 1.54) is 18.5 Å². The minimum Gasteiger partial charge on any atom is -0.464 e. The number of nitriles is 1. The molecular formula is C24H23FN4O3. The average molecular weight is 434 g/mol. The zero-order chi connectivity index (χ0) is 23.1. The molecule has 1 aromatic heterocycles. The van der Waals surface area contributed by atoms with E-state index in [1.807, 2.05) is 19.9 Å². The van der Waals surface area contributed by atoms with Crippen molar-refractivity contribution in [2.24, 2.45) is 5.92 Å². The van der Waals surface area contributed by atoms with E-state index >= 15 is 0 Å². The van der Waals surface area contributed by atoms with Crippen LogP contribution in [0, 0.1) is 23.1 Å². The van der Waals surface area contributed by atoms with Crippen molar-refractivity contribution in [3.63, 3.8) is 0 Å². The number of amides is 1. The van der Waals surface area contributed by atoms with Crippen molar-refractivity contribution in [2.45, 2.75) is 26.4 Å². The molecule has 0 radical (unpaired) electrons. The first-order valence-corrected chi connectivity index (χ1v) is 10.1. The summed E-state index contributed by atoms with van der Waals surface area (Å²) in [6, 6.07) is 11.9. The number of imidazole rings is 1. The number of rotatable bonds is 8. The van der Waals surface area contributed by atoms with Crippen LogP contribution in [0.25, 0.3) is 11.1 Å². The first kappa shape index (κ1) is 22.7. The predicted molar refractivity (Wildman–Crippen MR) is 116 cm³/mol. The minimum absolute atomic E-state index is 0.105. The second-order valence-corrected chi connectivity index (χ2v) is 7.69. The van der Waals surface area contributed by atoms with Gasteiger partial charge in [-0.3, -0.25) is 4.79 Å². The van der Waals surface area contributed by atoms with Gasteiger partial charge in [-0.25, -0.2) is 14.2 Å². The van der Waals surface area contributed by atoms with E-state index in [2.05, 4.69) is 10.3 Å². The molecule has 0 saturated carbocycles. The molecule has 2 aromatic carbocycles. The van der Waals surface area contributed by atoms with Crippen molar-refractivity contribution in [3.8, 4) is 17.2 Å². The molecular weight excluding hydrogens is 411 g/mol. The van der Waals surface area contributed by atoms with Gasteiger partial charge in [-0.15, -0.1) is 0 Å². The molecule has 164 valence electrons. The number of nitrogens with zero attached hydrogens (tertiary/aromatic N) is 3. The number of carbonyl (C=O) groups is 2. The number of aromatic nitrogens is 2. The Bertz CT molecular complexity index is 1120. The van der Waals surface area contributed by atoms with Crippen molar-refractivity contribution in [3.05, 3.63) is 78.1 Å². The van der Waals surface area contributed by atoms with Gasteiger partial charge in [-0.05, 0) is 41.3 Å². The molecule has 0 spiro atoms. The van der Waals surface area contributed by atoms with Crippen molar-refractivity contribution in [1.29, 1.82) is 5.26 Å². The third-order valence-electron chi connectivity index (χ3n) is 4.66. The minimum atomic E-state index is -1.01. The number of hydrogen-bond acceptors (Lipinski definition) is 5. The molecule has 3 aromatic rings. The van der Waals surface area contributed by atoms with Crippen LogP contribution in [0.3, 0.4) is 0 Å². The molecule has 32 heavy (non-hydrogen) atoms. The summed E-state index contributed by atoms with van der Waals surface area (Å²) in [7, 11) is 0. The lowest BCUT2D eigenvalue weighted by atomic mass is 10.0. The highest BCUT2D eigenvalue weighted by molar-refractivity contribution is 5.97. The van der Waals surface area contributed by atoms with Crippen LogP contribution >= 0.6 is 0 Å². The number of ether oxygens (including phenoxy) is 1. The van der Waals surface area contributed by atoms with Crippen molar-refractivity contribution in [1.82, 2.24) is 14.9 Å². The number of carbonyl (C=O) groups excluding carboxylic acids is 2. The Morgan fingerprint density at radius 3 is 2.50 bits per heavy atom. The summed E-state index contributed by atoms with van der Waals surface area (Å²) in [5.74, 6) is -1.91. The summed E-state index contributed by atoms with van der Waals surface area (Å²) in [5, 5.41) is 11.5. The quantitative estimate of drug-likeness (QED) is 0.547. The van der Waals surface area contributed by atoms with Crippen molar-refractivity contribution >= 4 is 11.9 Å². The van der Waals surface area contributed by atoms with Crippen molar-refractivity contribution < 1.29 is 18.7 Å². The Morgan fingerprint density at radius 2 is 1.91 bits per heavy atom. The lowest BCUT2D eigenvalue weighted by Gasteiger charge is -2.19. The highest BCUT2D eigenvalue weighted by atomic mass is 19.1. The zero-order valence-corrected chi connectivity index (χ0v) is 17.8. The lowest BCUT2D eigenvalue weighted by molar-refractivity contribution is -0.147. The van der Waals surface area contributed by atoms with Crippen LogP contribution in [-0.4, -0.2) is 34.1 Å². The topological polar surface area (TPSA) is 97.0 Å². The van der Waals surface area contributed by atoms with Crippen LogP contribution in [-0.2, 0) is 16.1 Å². The van der Waals surface area contributed by atoms with E-state index in [1.54, 1.807) is 47.3 Å². The third kappa shape index (κ3) is 5.79. The van der Waals surface area contributed by atoms with Gasteiger partial charge in [0.15, 0.2) is 0 Å². The van der Waals surface area contributed by atoms with Gasteiger partial charge in [-0.2, -0.15) is 5.26 Å². The Kier molecular flexibility index (Phi) is 7.34. The number of benzene rings is 2. The highest BCUT2D eigenvalue weighted by Crippen LogP contribution is 2.22. The maximum atomic E-state index is 14.8. The van der Waals surface area contributed by atoms with E-state index < -0.39 is 23.7 Å². The molecule has 0 aliphatic heterocycles. The standard InChI is InChI=1S/C24H23FN4O3/c1-16(2)14-32-24(31)22(13-29-10-9-27-15-29)28-23(30)20-8-7-19(11-21(20)25)18-5-3-17(12-26)4-6-18/h3-11,15-16,22H,13-14H2,1-2H3,(H,28,30)/t22-/m0/s1. The van der Waals surface area contributed by atoms with Gasteiger partial charge in [-0.1, -0.05) is 32.0 Å². The molecule has 0 aliphatic carbocycles. The number of nitrogens with one attached hydrogen (secondary N) is 1. The molecule has 7 nitrogen and oxygen atoms in total. The van der Waals surface area contributed by atoms with Crippen LogP contribution in [0.15, 0.2) is 61.2 Å². The Morgan fingerprint density at radius 1 is 1.19 bits per heavy atom. The van der Waals surface area contributed by atoms with Crippen LogP contribution in [0.1, 0.15) is 29.8 Å². The zero-order valence-electron chi connectivity index (χ0n) is 17.8. The van der Waals surface area contributed by atoms with Crippen LogP contribution in [0.2, 0.25) is 0 Å². The molecule has 1 amide bonds. The summed E-state index contributed by atoms with van der Waals surface area (Å²) < 4.78 is 21.7. The van der Waals surface area contributed by atoms with Gasteiger partial charge in [0.2, 0.25) is 0 Å². The van der Waals surface area contributed by atoms with E-state index in [0.29, 0.717) is 16.7 Å². The second kappa shape index (κ2) is 10.4. The maximum Gasteiger partial charge on any atom is 0.330 e. The summed E-state index contributed by atoms with van der Waals surface area (Å²) >= 11 is 0. The normalized spacial score (nSPS) is 11.6. The number of halogens is 1. The van der Waals surface area contributed by atoms with Gasteiger partial charge >= 0.3 is 5.97 Å². The van der Waals surface area contributed by atoms with E-state index in [0.717, 1.165) is 0 Å². The molecule has 1 atom stereocenters. The Labute approximate surface area is 185 Å². The molecule has 1 N–H and O–H groups in total. The first-order valence-electron chi connectivity index (χ1n) is 10.1. The summed E-state index contributed by atoms with van der Waals surface area (Å²) in [5.41, 5.74) is 1.59. The molecule has 0 fully saturated rings. The van der Waals surface area contributed by atoms with E-state index in [4.69, 9.17) is 10.00 Å².